The summed E-state index contributed by atoms with van der Waals surface area (Å²) in [7, 11) is 0. The Balaban J connectivity index is 1.66. The van der Waals surface area contributed by atoms with E-state index < -0.39 is 11.7 Å². The van der Waals surface area contributed by atoms with Gasteiger partial charge in [-0.15, -0.1) is 0 Å². The number of nitrogens with one attached hydrogen (secondary N) is 3. The average Bonchev–Trinajstić information content (AvgIpc) is 3.11. The molecule has 3 N–H and O–H groups in total. The molecule has 1 unspecified atom stereocenters. The summed E-state index contributed by atoms with van der Waals surface area (Å²) in [6.45, 7) is 0. The van der Waals surface area contributed by atoms with Crippen LogP contribution >= 0.6 is 0 Å². The number of aromatic nitrogens is 1. The lowest BCUT2D eigenvalue weighted by Crippen LogP contribution is -2.32. The van der Waals surface area contributed by atoms with E-state index in [0.717, 1.165) is 10.9 Å². The van der Waals surface area contributed by atoms with Gasteiger partial charge in [-0.1, -0.05) is 18.2 Å². The van der Waals surface area contributed by atoms with Crippen LogP contribution in [0.1, 0.15) is 17.9 Å². The molecular weight excluding hydrogens is 333 g/mol. The number of amides is 2. The summed E-state index contributed by atoms with van der Waals surface area (Å²) >= 11 is 0. The number of benzene rings is 2. The fraction of sp³-hybridized carbons (Fsp3) is 0.100. The van der Waals surface area contributed by atoms with E-state index in [9.17, 15) is 14.0 Å². The van der Waals surface area contributed by atoms with Crippen LogP contribution in [-0.2, 0) is 9.59 Å². The molecule has 4 rings (SSSR count). The van der Waals surface area contributed by atoms with Gasteiger partial charge in [0, 0.05) is 41.2 Å². The Morgan fingerprint density at radius 2 is 2.00 bits per heavy atom. The van der Waals surface area contributed by atoms with E-state index in [1.807, 2.05) is 24.3 Å². The lowest BCUT2D eigenvalue weighted by atomic mass is 9.86. The zero-order valence-electron chi connectivity index (χ0n) is 13.8. The third-order valence-corrected chi connectivity index (χ3v) is 4.51. The normalized spacial score (nSPS) is 16.9. The van der Waals surface area contributed by atoms with Crippen molar-refractivity contribution in [1.29, 1.82) is 0 Å². The second-order valence-corrected chi connectivity index (χ2v) is 6.18. The van der Waals surface area contributed by atoms with Gasteiger partial charge in [0.2, 0.25) is 5.91 Å². The summed E-state index contributed by atoms with van der Waals surface area (Å²) in [6.07, 6.45) is 3.31. The molecule has 130 valence electrons. The van der Waals surface area contributed by atoms with E-state index >= 15 is 0 Å². The van der Waals surface area contributed by atoms with Crippen LogP contribution in [0.2, 0.25) is 0 Å². The fourth-order valence-electron chi connectivity index (χ4n) is 3.25. The Hall–Kier alpha value is -3.41. The lowest BCUT2D eigenvalue weighted by molar-refractivity contribution is -0.121. The number of hydrogen-bond acceptors (Lipinski definition) is 2. The number of anilines is 1. The first-order valence-electron chi connectivity index (χ1n) is 8.24. The second-order valence-electron chi connectivity index (χ2n) is 6.18. The van der Waals surface area contributed by atoms with Crippen molar-refractivity contribution in [1.82, 2.24) is 10.3 Å². The average molecular weight is 349 g/mol. The molecule has 1 aliphatic heterocycles. The molecule has 0 bridgehead atoms. The van der Waals surface area contributed by atoms with Crippen LogP contribution in [0.3, 0.4) is 0 Å². The highest BCUT2D eigenvalue weighted by Crippen LogP contribution is 2.32. The molecule has 0 saturated heterocycles. The second kappa shape index (κ2) is 6.48. The van der Waals surface area contributed by atoms with Crippen molar-refractivity contribution in [2.75, 3.05) is 5.32 Å². The van der Waals surface area contributed by atoms with Gasteiger partial charge in [0.05, 0.1) is 5.69 Å². The van der Waals surface area contributed by atoms with Gasteiger partial charge in [-0.05, 0) is 35.9 Å². The summed E-state index contributed by atoms with van der Waals surface area (Å²) in [4.78, 5) is 27.8. The van der Waals surface area contributed by atoms with Crippen molar-refractivity contribution in [3.63, 3.8) is 0 Å². The molecule has 0 saturated carbocycles. The third-order valence-electron chi connectivity index (χ3n) is 4.51. The van der Waals surface area contributed by atoms with Crippen LogP contribution in [-0.4, -0.2) is 16.8 Å². The van der Waals surface area contributed by atoms with E-state index in [0.29, 0.717) is 16.8 Å². The number of aromatic amines is 1. The first-order chi connectivity index (χ1) is 12.6. The molecule has 2 amide bonds. The van der Waals surface area contributed by atoms with Gasteiger partial charge >= 0.3 is 0 Å². The maximum atomic E-state index is 13.6. The van der Waals surface area contributed by atoms with E-state index in [1.54, 1.807) is 18.3 Å². The SMILES string of the molecule is O=C1CC(c2cccc(F)c2)C(C(=O)Nc2cccc3[nH]ccc23)=CN1. The number of hydrogen-bond donors (Lipinski definition) is 3. The van der Waals surface area contributed by atoms with E-state index in [1.165, 1.54) is 18.3 Å². The standard InChI is InChI=1S/C20H16FN3O2/c21-13-4-1-3-12(9-13)15-10-19(25)23-11-16(15)20(26)24-18-6-2-5-17-14(18)7-8-22-17/h1-9,11,15,22H,10H2,(H,23,25)(H,24,26). The van der Waals surface area contributed by atoms with Gasteiger partial charge in [-0.25, -0.2) is 4.39 Å². The Morgan fingerprint density at radius 1 is 1.15 bits per heavy atom. The number of H-pyrrole nitrogens is 1. The molecule has 0 radical (unpaired) electrons. The van der Waals surface area contributed by atoms with E-state index in [-0.39, 0.29) is 18.2 Å². The van der Waals surface area contributed by atoms with Crippen LogP contribution in [0.5, 0.6) is 0 Å². The van der Waals surface area contributed by atoms with Crippen LogP contribution in [0.15, 0.2) is 66.5 Å². The monoisotopic (exact) mass is 349 g/mol. The van der Waals surface area contributed by atoms with Gasteiger partial charge in [0.25, 0.3) is 5.91 Å². The first kappa shape index (κ1) is 16.1. The number of carbonyl (C=O) groups is 2. The Bertz CT molecular complexity index is 1040. The lowest BCUT2D eigenvalue weighted by Gasteiger charge is -2.24. The molecule has 2 aromatic carbocycles. The van der Waals surface area contributed by atoms with Gasteiger partial charge in [0.1, 0.15) is 5.82 Å². The van der Waals surface area contributed by atoms with Crippen molar-refractivity contribution in [3.8, 4) is 0 Å². The van der Waals surface area contributed by atoms with Crippen LogP contribution in [0.4, 0.5) is 10.1 Å². The number of fused-ring (bicyclic) bond motifs is 1. The predicted octanol–water partition coefficient (Wildman–Crippen LogP) is 3.43. The summed E-state index contributed by atoms with van der Waals surface area (Å²) in [5, 5.41) is 6.37. The fourth-order valence-corrected chi connectivity index (χ4v) is 3.25. The van der Waals surface area contributed by atoms with E-state index in [4.69, 9.17) is 0 Å². The van der Waals surface area contributed by atoms with Crippen molar-refractivity contribution in [3.05, 3.63) is 77.9 Å². The smallest absolute Gasteiger partial charge is 0.253 e. The zero-order chi connectivity index (χ0) is 18.1. The van der Waals surface area contributed by atoms with Gasteiger partial charge in [0.15, 0.2) is 0 Å². The summed E-state index contributed by atoms with van der Waals surface area (Å²) in [5.41, 5.74) is 2.57. The maximum Gasteiger partial charge on any atom is 0.253 e. The topological polar surface area (TPSA) is 74.0 Å². The molecule has 5 nitrogen and oxygen atoms in total. The third kappa shape index (κ3) is 2.97. The Morgan fingerprint density at radius 3 is 2.85 bits per heavy atom. The highest BCUT2D eigenvalue weighted by molar-refractivity contribution is 6.10. The highest BCUT2D eigenvalue weighted by atomic mass is 19.1. The summed E-state index contributed by atoms with van der Waals surface area (Å²) in [6, 6.07) is 13.4. The van der Waals surface area contributed by atoms with Crippen molar-refractivity contribution in [2.24, 2.45) is 0 Å². The van der Waals surface area contributed by atoms with Crippen molar-refractivity contribution >= 4 is 28.4 Å². The van der Waals surface area contributed by atoms with E-state index in [2.05, 4.69) is 15.6 Å². The zero-order valence-corrected chi connectivity index (χ0v) is 13.8. The molecular formula is C20H16FN3O2. The maximum absolute atomic E-state index is 13.6. The molecule has 2 heterocycles. The highest BCUT2D eigenvalue weighted by Gasteiger charge is 2.29. The first-order valence-corrected chi connectivity index (χ1v) is 8.24. The van der Waals surface area contributed by atoms with Gasteiger partial charge in [-0.3, -0.25) is 9.59 Å². The minimum Gasteiger partial charge on any atom is -0.361 e. The number of rotatable bonds is 3. The molecule has 6 heteroatoms. The minimum absolute atomic E-state index is 0.0943. The summed E-state index contributed by atoms with van der Waals surface area (Å²) in [5.74, 6) is -1.42. The van der Waals surface area contributed by atoms with Crippen LogP contribution < -0.4 is 10.6 Å². The minimum atomic E-state index is -0.495. The number of halogens is 1. The van der Waals surface area contributed by atoms with Crippen molar-refractivity contribution < 1.29 is 14.0 Å². The largest absolute Gasteiger partial charge is 0.361 e. The quantitative estimate of drug-likeness (QED) is 0.678. The Labute approximate surface area is 148 Å². The number of carbonyl (C=O) groups excluding carboxylic acids is 2. The van der Waals surface area contributed by atoms with Crippen molar-refractivity contribution in [2.45, 2.75) is 12.3 Å². The van der Waals surface area contributed by atoms with Gasteiger partial charge in [-0.2, -0.15) is 0 Å². The van der Waals surface area contributed by atoms with Crippen LogP contribution in [0, 0.1) is 5.82 Å². The van der Waals surface area contributed by atoms with Gasteiger partial charge < -0.3 is 15.6 Å². The molecule has 0 spiro atoms. The Kier molecular flexibility index (Phi) is 4.01. The molecule has 1 atom stereocenters. The molecule has 0 fully saturated rings. The molecule has 1 aliphatic rings. The molecule has 0 aliphatic carbocycles. The molecule has 26 heavy (non-hydrogen) atoms. The summed E-state index contributed by atoms with van der Waals surface area (Å²) < 4.78 is 13.6. The predicted molar refractivity (Wildman–Crippen MR) is 96.9 cm³/mol. The molecule has 3 aromatic rings. The molecule has 1 aromatic heterocycles. The van der Waals surface area contributed by atoms with Crippen LogP contribution in [0.25, 0.3) is 10.9 Å².